The van der Waals surface area contributed by atoms with E-state index in [9.17, 15) is 18.0 Å². The fraction of sp³-hybridized carbons (Fsp3) is 0.312. The summed E-state index contributed by atoms with van der Waals surface area (Å²) in [5, 5.41) is 11.7. The van der Waals surface area contributed by atoms with Crippen LogP contribution in [-0.2, 0) is 6.18 Å². The van der Waals surface area contributed by atoms with Crippen LogP contribution in [0.1, 0.15) is 22.3 Å². The van der Waals surface area contributed by atoms with E-state index in [2.05, 4.69) is 25.5 Å². The van der Waals surface area contributed by atoms with E-state index in [1.807, 2.05) is 6.07 Å². The lowest BCUT2D eigenvalue weighted by Gasteiger charge is -2.26. The number of benzene rings is 1. The number of carbonyl (C=O) groups excluding carboxylic acids is 1. The van der Waals surface area contributed by atoms with Crippen LogP contribution in [0.4, 0.5) is 13.2 Å². The molecule has 0 spiro atoms. The Morgan fingerprint density at radius 2 is 2.07 bits per heavy atom. The van der Waals surface area contributed by atoms with Crippen molar-refractivity contribution in [2.75, 3.05) is 13.2 Å². The average molecular weight is 409 g/mol. The minimum atomic E-state index is -4.68. The summed E-state index contributed by atoms with van der Waals surface area (Å²) >= 11 is 0. The van der Waals surface area contributed by atoms with Crippen LogP contribution >= 0.6 is 0 Å². The maximum atomic E-state index is 12.7. The third-order valence-corrected chi connectivity index (χ3v) is 3.96. The van der Waals surface area contributed by atoms with Crippen molar-refractivity contribution in [1.82, 2.24) is 35.3 Å². The number of para-hydroxylation sites is 2. The number of aromatic nitrogens is 6. The second kappa shape index (κ2) is 7.07. The molecule has 10 nitrogen and oxygen atoms in total. The number of nitrogens with zero attached hydrogens (tertiary/aromatic N) is 5. The molecule has 1 aliphatic rings. The number of hydrogen-bond acceptors (Lipinski definition) is 7. The molecule has 3 heterocycles. The lowest BCUT2D eigenvalue weighted by atomic mass is 10.2. The first kappa shape index (κ1) is 18.7. The summed E-state index contributed by atoms with van der Waals surface area (Å²) in [5.74, 6) is -1.17. The van der Waals surface area contributed by atoms with E-state index < -0.39 is 24.0 Å². The molecule has 0 saturated heterocycles. The molecule has 1 aliphatic heterocycles. The fourth-order valence-corrected chi connectivity index (χ4v) is 2.60. The maximum absolute atomic E-state index is 12.7. The topological polar surface area (TPSA) is 120 Å². The molecule has 29 heavy (non-hydrogen) atoms. The van der Waals surface area contributed by atoms with Gasteiger partial charge in [-0.2, -0.15) is 22.8 Å². The maximum Gasteiger partial charge on any atom is 0.451 e. The molecule has 1 amide bonds. The molecule has 2 N–H and O–H groups in total. The first-order chi connectivity index (χ1) is 13.8. The van der Waals surface area contributed by atoms with Gasteiger partial charge in [-0.1, -0.05) is 12.1 Å². The molecule has 0 aliphatic carbocycles. The highest BCUT2D eigenvalue weighted by Crippen LogP contribution is 2.30. The molecule has 152 valence electrons. The Labute approximate surface area is 161 Å². The molecule has 2 aromatic heterocycles. The van der Waals surface area contributed by atoms with Gasteiger partial charge in [-0.05, 0) is 19.1 Å². The predicted octanol–water partition coefficient (Wildman–Crippen LogP) is 1.28. The molecule has 4 rings (SSSR count). The van der Waals surface area contributed by atoms with E-state index in [1.54, 1.807) is 23.3 Å². The van der Waals surface area contributed by atoms with Crippen molar-refractivity contribution in [3.63, 3.8) is 0 Å². The van der Waals surface area contributed by atoms with Gasteiger partial charge in [0.1, 0.15) is 18.5 Å². The Hall–Kier alpha value is -3.64. The highest BCUT2D eigenvalue weighted by molar-refractivity contribution is 5.90. The minimum Gasteiger partial charge on any atom is -0.486 e. The summed E-state index contributed by atoms with van der Waals surface area (Å²) in [6.07, 6.45) is -5.10. The number of fused-ring (bicyclic) bond motifs is 1. The zero-order valence-electron chi connectivity index (χ0n) is 14.9. The number of carbonyl (C=O) groups is 1. The molecular formula is C16H14F3N7O3. The number of H-pyrrole nitrogens is 1. The molecule has 0 saturated carbocycles. The van der Waals surface area contributed by atoms with Gasteiger partial charge in [0, 0.05) is 0 Å². The first-order valence-electron chi connectivity index (χ1n) is 8.41. The van der Waals surface area contributed by atoms with Crippen LogP contribution < -0.4 is 14.8 Å². The Balaban J connectivity index is 1.41. The number of nitrogens with one attached hydrogen (secondary N) is 2. The van der Waals surface area contributed by atoms with Crippen LogP contribution in [0.25, 0.3) is 5.95 Å². The van der Waals surface area contributed by atoms with Gasteiger partial charge in [0.25, 0.3) is 11.9 Å². The Morgan fingerprint density at radius 3 is 2.79 bits per heavy atom. The molecule has 1 atom stereocenters. The van der Waals surface area contributed by atoms with Crippen molar-refractivity contribution in [1.29, 1.82) is 0 Å². The number of hydrogen-bond donors (Lipinski definition) is 2. The van der Waals surface area contributed by atoms with E-state index in [-0.39, 0.29) is 30.7 Å². The van der Waals surface area contributed by atoms with E-state index in [1.165, 1.54) is 6.92 Å². The van der Waals surface area contributed by atoms with Crippen molar-refractivity contribution in [2.45, 2.75) is 19.2 Å². The number of aromatic amines is 1. The second-order valence-electron chi connectivity index (χ2n) is 6.08. The van der Waals surface area contributed by atoms with Gasteiger partial charge in [0.15, 0.2) is 11.5 Å². The monoisotopic (exact) mass is 409 g/mol. The SMILES string of the molecule is Cc1nc(C(=O)NCC2COc3ccccc3O2)nn1-c1n[nH]c(C(F)(F)F)n1. The van der Waals surface area contributed by atoms with Crippen LogP contribution in [0.5, 0.6) is 11.5 Å². The second-order valence-corrected chi connectivity index (χ2v) is 6.08. The minimum absolute atomic E-state index is 0.125. The van der Waals surface area contributed by atoms with Crippen molar-refractivity contribution in [3.8, 4) is 17.4 Å². The number of amides is 1. The fourth-order valence-electron chi connectivity index (χ4n) is 2.60. The molecular weight excluding hydrogens is 395 g/mol. The molecule has 1 aromatic carbocycles. The standard InChI is InChI=1S/C16H14F3N7O3/c1-8-21-12(25-26(8)15-22-14(23-24-15)16(17,18)19)13(27)20-6-9-7-28-10-4-2-3-5-11(10)29-9/h2-5,9H,6-7H2,1H3,(H,20,27)(H,22,23,24). The van der Waals surface area contributed by atoms with Gasteiger partial charge in [-0.3, -0.25) is 9.89 Å². The molecule has 0 bridgehead atoms. The van der Waals surface area contributed by atoms with E-state index in [0.717, 1.165) is 4.68 Å². The molecule has 1 unspecified atom stereocenters. The zero-order valence-corrected chi connectivity index (χ0v) is 14.9. The highest BCUT2D eigenvalue weighted by atomic mass is 19.4. The van der Waals surface area contributed by atoms with Crippen molar-refractivity contribution in [2.24, 2.45) is 0 Å². The van der Waals surface area contributed by atoms with Gasteiger partial charge in [-0.15, -0.1) is 10.2 Å². The zero-order chi connectivity index (χ0) is 20.6. The van der Waals surface area contributed by atoms with Crippen molar-refractivity contribution in [3.05, 3.63) is 41.7 Å². The van der Waals surface area contributed by atoms with Gasteiger partial charge in [-0.25, -0.2) is 4.98 Å². The summed E-state index contributed by atoms with van der Waals surface area (Å²) in [7, 11) is 0. The van der Waals surface area contributed by atoms with Crippen molar-refractivity contribution >= 4 is 5.91 Å². The average Bonchev–Trinajstić information content (AvgIpc) is 3.32. The number of ether oxygens (including phenoxy) is 2. The van der Waals surface area contributed by atoms with Gasteiger partial charge < -0.3 is 14.8 Å². The Morgan fingerprint density at radius 1 is 1.31 bits per heavy atom. The summed E-state index contributed by atoms with van der Waals surface area (Å²) in [6, 6.07) is 7.15. The van der Waals surface area contributed by atoms with E-state index in [0.29, 0.717) is 11.5 Å². The largest absolute Gasteiger partial charge is 0.486 e. The van der Waals surface area contributed by atoms with Gasteiger partial charge in [0.05, 0.1) is 6.54 Å². The highest BCUT2D eigenvalue weighted by Gasteiger charge is 2.36. The smallest absolute Gasteiger partial charge is 0.451 e. The van der Waals surface area contributed by atoms with Crippen molar-refractivity contribution < 1.29 is 27.4 Å². The molecule has 13 heteroatoms. The molecule has 0 fully saturated rings. The summed E-state index contributed by atoms with van der Waals surface area (Å²) in [4.78, 5) is 19.6. The van der Waals surface area contributed by atoms with Crippen LogP contribution in [-0.4, -0.2) is 55.1 Å². The van der Waals surface area contributed by atoms with E-state index >= 15 is 0 Å². The summed E-state index contributed by atoms with van der Waals surface area (Å²) in [5.41, 5.74) is 0. The van der Waals surface area contributed by atoms with Gasteiger partial charge in [0.2, 0.25) is 11.6 Å². The quantitative estimate of drug-likeness (QED) is 0.666. The molecule has 0 radical (unpaired) electrons. The summed E-state index contributed by atoms with van der Waals surface area (Å²) in [6.45, 7) is 1.83. The Bertz CT molecular complexity index is 1050. The third kappa shape index (κ3) is 3.83. The third-order valence-electron chi connectivity index (χ3n) is 3.96. The molecule has 3 aromatic rings. The van der Waals surface area contributed by atoms with Crippen LogP contribution in [0.15, 0.2) is 24.3 Å². The normalized spacial score (nSPS) is 15.9. The summed E-state index contributed by atoms with van der Waals surface area (Å²) < 4.78 is 50.2. The lowest BCUT2D eigenvalue weighted by Crippen LogP contribution is -2.41. The van der Waals surface area contributed by atoms with Gasteiger partial charge >= 0.3 is 6.18 Å². The predicted molar refractivity (Wildman–Crippen MR) is 89.7 cm³/mol. The van der Waals surface area contributed by atoms with Crippen LogP contribution in [0, 0.1) is 6.92 Å². The number of aryl methyl sites for hydroxylation is 1. The number of rotatable bonds is 4. The van der Waals surface area contributed by atoms with Crippen LogP contribution in [0.3, 0.4) is 0 Å². The number of alkyl halides is 3. The Kier molecular flexibility index (Phi) is 4.56. The van der Waals surface area contributed by atoms with Crippen LogP contribution in [0.2, 0.25) is 0 Å². The van der Waals surface area contributed by atoms with E-state index in [4.69, 9.17) is 9.47 Å². The first-order valence-corrected chi connectivity index (χ1v) is 8.41. The number of halogens is 3. The lowest BCUT2D eigenvalue weighted by molar-refractivity contribution is -0.144.